The molecule has 0 aliphatic carbocycles. The van der Waals surface area contributed by atoms with Crippen LogP contribution in [0.3, 0.4) is 0 Å². The van der Waals surface area contributed by atoms with E-state index in [1.807, 2.05) is 0 Å². The van der Waals surface area contributed by atoms with Crippen LogP contribution in [0.5, 0.6) is 0 Å². The number of hydrogen-bond acceptors (Lipinski definition) is 3. The molecular weight excluding hydrogens is 365 g/mol. The van der Waals surface area contributed by atoms with Gasteiger partial charge in [0.1, 0.15) is 10.1 Å². The Labute approximate surface area is 138 Å². The van der Waals surface area contributed by atoms with Crippen LogP contribution >= 0.6 is 15.9 Å². The second-order valence-corrected chi connectivity index (χ2v) is 4.20. The molecular formula is C6H4BrCsO3S. The van der Waals surface area contributed by atoms with Gasteiger partial charge in [0.2, 0.25) is 0 Å². The van der Waals surface area contributed by atoms with Gasteiger partial charge in [-0.15, -0.1) is 0 Å². The van der Waals surface area contributed by atoms with Crippen LogP contribution in [0.4, 0.5) is 0 Å². The molecule has 0 aliphatic rings. The third-order valence-corrected chi connectivity index (χ3v) is 2.48. The Kier molecular flexibility index (Phi) is 6.28. The van der Waals surface area contributed by atoms with E-state index in [0.717, 1.165) is 4.47 Å². The molecule has 0 fully saturated rings. The minimum atomic E-state index is -4.29. The summed E-state index contributed by atoms with van der Waals surface area (Å²) in [6.07, 6.45) is 0. The fourth-order valence-electron chi connectivity index (χ4n) is 0.601. The van der Waals surface area contributed by atoms with E-state index in [9.17, 15) is 13.0 Å². The standard InChI is InChI=1S/C6H5BrO3S.Cs/c7-5-1-3-6(4-2-5)11(8,9)10;/h1-4H,(H,8,9,10);/q;+1/p-1. The molecule has 1 aromatic carbocycles. The molecule has 0 aliphatic heterocycles. The van der Waals surface area contributed by atoms with Gasteiger partial charge < -0.3 is 4.55 Å². The van der Waals surface area contributed by atoms with Gasteiger partial charge in [0, 0.05) is 4.47 Å². The molecule has 0 radical (unpaired) electrons. The van der Waals surface area contributed by atoms with Crippen LogP contribution in [-0.2, 0) is 10.1 Å². The molecule has 0 unspecified atom stereocenters. The monoisotopic (exact) mass is 368 g/mol. The molecule has 0 saturated carbocycles. The largest absolute Gasteiger partial charge is 1.00 e. The normalized spacial score (nSPS) is 10.5. The van der Waals surface area contributed by atoms with Crippen LogP contribution < -0.4 is 68.9 Å². The topological polar surface area (TPSA) is 57.2 Å². The van der Waals surface area contributed by atoms with Gasteiger partial charge in [0.05, 0.1) is 4.90 Å². The fraction of sp³-hybridized carbons (Fsp3) is 0. The molecule has 0 bridgehead atoms. The molecule has 12 heavy (non-hydrogen) atoms. The summed E-state index contributed by atoms with van der Waals surface area (Å²) in [5.41, 5.74) is 0. The smallest absolute Gasteiger partial charge is 0.744 e. The SMILES string of the molecule is O=S(=O)([O-])c1ccc(Br)cc1.[Cs+]. The first kappa shape index (κ1) is 13.7. The molecule has 6 heteroatoms. The maximum Gasteiger partial charge on any atom is 1.00 e. The van der Waals surface area contributed by atoms with E-state index < -0.39 is 10.1 Å². The van der Waals surface area contributed by atoms with Crippen LogP contribution in [0, 0.1) is 0 Å². The van der Waals surface area contributed by atoms with E-state index >= 15 is 0 Å². The first-order valence-electron chi connectivity index (χ1n) is 2.71. The van der Waals surface area contributed by atoms with Crippen molar-refractivity contribution in [2.45, 2.75) is 4.90 Å². The number of rotatable bonds is 1. The molecule has 0 heterocycles. The quantitative estimate of drug-likeness (QED) is 0.558. The van der Waals surface area contributed by atoms with Crippen molar-refractivity contribution in [3.05, 3.63) is 28.7 Å². The van der Waals surface area contributed by atoms with E-state index in [4.69, 9.17) is 0 Å². The van der Waals surface area contributed by atoms with Crippen molar-refractivity contribution >= 4 is 26.0 Å². The van der Waals surface area contributed by atoms with Crippen LogP contribution in [0.15, 0.2) is 33.6 Å². The molecule has 0 saturated heterocycles. The maximum absolute atomic E-state index is 10.4. The van der Waals surface area contributed by atoms with Gasteiger partial charge in [0.15, 0.2) is 0 Å². The Bertz CT molecular complexity index is 346. The Morgan fingerprint density at radius 3 is 1.92 bits per heavy atom. The van der Waals surface area contributed by atoms with Gasteiger partial charge in [-0.3, -0.25) is 0 Å². The molecule has 0 spiro atoms. The second-order valence-electron chi connectivity index (χ2n) is 1.91. The average Bonchev–Trinajstić information content (AvgIpc) is 1.86. The molecule has 0 atom stereocenters. The number of hydrogen-bond donors (Lipinski definition) is 0. The predicted octanol–water partition coefficient (Wildman–Crippen LogP) is -1.64. The zero-order chi connectivity index (χ0) is 8.48. The predicted molar refractivity (Wildman–Crippen MR) is 42.1 cm³/mol. The summed E-state index contributed by atoms with van der Waals surface area (Å²) in [7, 11) is -4.29. The summed E-state index contributed by atoms with van der Waals surface area (Å²) in [5, 5.41) is 0. The summed E-state index contributed by atoms with van der Waals surface area (Å²) >= 11 is 3.12. The summed E-state index contributed by atoms with van der Waals surface area (Å²) in [6.45, 7) is 0. The minimum absolute atomic E-state index is 0. The van der Waals surface area contributed by atoms with E-state index in [-0.39, 0.29) is 73.8 Å². The second kappa shape index (κ2) is 5.52. The van der Waals surface area contributed by atoms with Gasteiger partial charge in [-0.2, -0.15) is 0 Å². The molecule has 60 valence electrons. The molecule has 0 N–H and O–H groups in total. The van der Waals surface area contributed by atoms with Crippen LogP contribution in [0.1, 0.15) is 0 Å². The summed E-state index contributed by atoms with van der Waals surface area (Å²) < 4.78 is 31.9. The van der Waals surface area contributed by atoms with Crippen molar-refractivity contribution < 1.29 is 81.9 Å². The molecule has 1 rings (SSSR count). The zero-order valence-electron chi connectivity index (χ0n) is 6.32. The number of benzene rings is 1. The van der Waals surface area contributed by atoms with Gasteiger partial charge in [0.25, 0.3) is 0 Å². The maximum atomic E-state index is 10.4. The van der Waals surface area contributed by atoms with Crippen molar-refractivity contribution in [1.82, 2.24) is 0 Å². The Morgan fingerprint density at radius 1 is 1.17 bits per heavy atom. The zero-order valence-corrected chi connectivity index (χ0v) is 15.0. The van der Waals surface area contributed by atoms with Gasteiger partial charge in [-0.05, 0) is 24.3 Å². The van der Waals surface area contributed by atoms with Crippen molar-refractivity contribution in [1.29, 1.82) is 0 Å². The van der Waals surface area contributed by atoms with E-state index in [1.54, 1.807) is 0 Å². The average molecular weight is 369 g/mol. The van der Waals surface area contributed by atoms with Crippen LogP contribution in [-0.4, -0.2) is 13.0 Å². The molecule has 0 aromatic heterocycles. The molecule has 3 nitrogen and oxygen atoms in total. The van der Waals surface area contributed by atoms with Gasteiger partial charge in [-0.1, -0.05) is 15.9 Å². The van der Waals surface area contributed by atoms with E-state index in [2.05, 4.69) is 15.9 Å². The molecule has 0 amide bonds. The van der Waals surface area contributed by atoms with Gasteiger partial charge >= 0.3 is 68.9 Å². The Balaban J connectivity index is 0.00000121. The van der Waals surface area contributed by atoms with Crippen molar-refractivity contribution in [3.8, 4) is 0 Å². The number of halogens is 1. The Hall–Kier alpha value is 1.66. The Morgan fingerprint density at radius 2 is 1.58 bits per heavy atom. The first-order valence-corrected chi connectivity index (χ1v) is 4.92. The van der Waals surface area contributed by atoms with Crippen LogP contribution in [0.25, 0.3) is 0 Å². The van der Waals surface area contributed by atoms with Crippen molar-refractivity contribution in [2.75, 3.05) is 0 Å². The molecule has 1 aromatic rings. The van der Waals surface area contributed by atoms with Crippen LogP contribution in [0.2, 0.25) is 0 Å². The van der Waals surface area contributed by atoms with Crippen molar-refractivity contribution in [3.63, 3.8) is 0 Å². The summed E-state index contributed by atoms with van der Waals surface area (Å²) in [4.78, 5) is -0.208. The van der Waals surface area contributed by atoms with E-state index in [1.165, 1.54) is 24.3 Å². The third kappa shape index (κ3) is 4.25. The fourth-order valence-corrected chi connectivity index (χ4v) is 1.34. The minimum Gasteiger partial charge on any atom is -0.744 e. The summed E-state index contributed by atoms with van der Waals surface area (Å²) in [5.74, 6) is 0. The first-order chi connectivity index (χ1) is 5.00. The summed E-state index contributed by atoms with van der Waals surface area (Å²) in [6, 6.07) is 5.52. The van der Waals surface area contributed by atoms with E-state index in [0.29, 0.717) is 0 Å². The van der Waals surface area contributed by atoms with Crippen molar-refractivity contribution in [2.24, 2.45) is 0 Å². The third-order valence-electron chi connectivity index (χ3n) is 1.10. The van der Waals surface area contributed by atoms with Gasteiger partial charge in [-0.25, -0.2) is 8.42 Å².